The van der Waals surface area contributed by atoms with Gasteiger partial charge >= 0.3 is 0 Å². The monoisotopic (exact) mass is 370 g/mol. The van der Waals surface area contributed by atoms with Crippen LogP contribution in [0.4, 0.5) is 15.8 Å². The predicted molar refractivity (Wildman–Crippen MR) is 107 cm³/mol. The van der Waals surface area contributed by atoms with Crippen LogP contribution in [-0.4, -0.2) is 25.6 Å². The Labute approximate surface area is 160 Å². The summed E-state index contributed by atoms with van der Waals surface area (Å²) in [5.74, 6) is 0.281. The van der Waals surface area contributed by atoms with Crippen LogP contribution in [0.5, 0.6) is 5.75 Å². The van der Waals surface area contributed by atoms with E-state index in [1.54, 1.807) is 6.07 Å². The largest absolute Gasteiger partial charge is 0.484 e. The number of ether oxygens (including phenoxy) is 1. The summed E-state index contributed by atoms with van der Waals surface area (Å²) in [6.45, 7) is 7.91. The van der Waals surface area contributed by atoms with Crippen LogP contribution in [0.2, 0.25) is 0 Å². The maximum atomic E-state index is 14.3. The summed E-state index contributed by atoms with van der Waals surface area (Å²) in [5.41, 5.74) is 3.36. The number of para-hydroxylation sites is 1. The van der Waals surface area contributed by atoms with Gasteiger partial charge in [0, 0.05) is 13.1 Å². The summed E-state index contributed by atoms with van der Waals surface area (Å²) in [6.07, 6.45) is 2.16. The lowest BCUT2D eigenvalue weighted by atomic mass is 9.98. The molecule has 1 saturated heterocycles. The van der Waals surface area contributed by atoms with E-state index in [9.17, 15) is 9.18 Å². The van der Waals surface area contributed by atoms with Crippen LogP contribution < -0.4 is 15.0 Å². The number of nitrogens with zero attached hydrogens (tertiary/aromatic N) is 1. The number of amides is 1. The normalized spacial score (nSPS) is 13.9. The van der Waals surface area contributed by atoms with Crippen molar-refractivity contribution in [1.82, 2.24) is 0 Å². The highest BCUT2D eigenvalue weighted by Crippen LogP contribution is 2.31. The van der Waals surface area contributed by atoms with Crippen molar-refractivity contribution in [2.75, 3.05) is 29.9 Å². The van der Waals surface area contributed by atoms with Gasteiger partial charge < -0.3 is 15.0 Å². The van der Waals surface area contributed by atoms with E-state index in [1.165, 1.54) is 11.6 Å². The fourth-order valence-electron chi connectivity index (χ4n) is 3.57. The highest BCUT2D eigenvalue weighted by atomic mass is 19.1. The van der Waals surface area contributed by atoms with Gasteiger partial charge in [0.15, 0.2) is 6.61 Å². The van der Waals surface area contributed by atoms with Crippen LogP contribution in [0.15, 0.2) is 36.4 Å². The van der Waals surface area contributed by atoms with Crippen LogP contribution in [0.3, 0.4) is 0 Å². The second-order valence-electron chi connectivity index (χ2n) is 7.34. The highest BCUT2D eigenvalue weighted by Gasteiger charge is 2.19. The Bertz CT molecular complexity index is 814. The second-order valence-corrected chi connectivity index (χ2v) is 7.34. The van der Waals surface area contributed by atoms with Gasteiger partial charge in [-0.3, -0.25) is 4.79 Å². The molecule has 1 N–H and O–H groups in total. The molecule has 0 bridgehead atoms. The zero-order valence-electron chi connectivity index (χ0n) is 16.2. The van der Waals surface area contributed by atoms with E-state index >= 15 is 0 Å². The van der Waals surface area contributed by atoms with E-state index in [0.29, 0.717) is 11.7 Å². The lowest BCUT2D eigenvalue weighted by Gasteiger charge is -2.22. The molecule has 1 amide bonds. The van der Waals surface area contributed by atoms with Crippen molar-refractivity contribution in [3.8, 4) is 5.75 Å². The molecule has 0 saturated carbocycles. The van der Waals surface area contributed by atoms with Gasteiger partial charge in [0.05, 0.1) is 5.69 Å². The molecular formula is C22H27FN2O2. The molecule has 0 radical (unpaired) electrons. The third-order valence-electron chi connectivity index (χ3n) is 4.94. The summed E-state index contributed by atoms with van der Waals surface area (Å²) in [5, 5.41) is 2.69. The van der Waals surface area contributed by atoms with Gasteiger partial charge in [-0.2, -0.15) is 0 Å². The van der Waals surface area contributed by atoms with E-state index in [1.807, 2.05) is 31.2 Å². The Morgan fingerprint density at radius 3 is 2.63 bits per heavy atom. The Morgan fingerprint density at radius 2 is 1.96 bits per heavy atom. The van der Waals surface area contributed by atoms with Crippen molar-refractivity contribution >= 4 is 17.3 Å². The molecule has 1 aliphatic heterocycles. The van der Waals surface area contributed by atoms with E-state index in [0.717, 1.165) is 37.2 Å². The van der Waals surface area contributed by atoms with Crippen molar-refractivity contribution in [2.45, 2.75) is 39.5 Å². The zero-order valence-corrected chi connectivity index (χ0v) is 16.2. The van der Waals surface area contributed by atoms with Crippen LogP contribution in [0.25, 0.3) is 0 Å². The van der Waals surface area contributed by atoms with E-state index in [-0.39, 0.29) is 18.2 Å². The van der Waals surface area contributed by atoms with Crippen molar-refractivity contribution in [3.05, 3.63) is 53.3 Å². The number of rotatable bonds is 6. The molecule has 0 aromatic heterocycles. The zero-order chi connectivity index (χ0) is 19.4. The predicted octanol–water partition coefficient (Wildman–Crippen LogP) is 4.88. The molecule has 0 unspecified atom stereocenters. The average molecular weight is 370 g/mol. The summed E-state index contributed by atoms with van der Waals surface area (Å²) < 4.78 is 19.9. The fraction of sp³-hybridized carbons (Fsp3) is 0.409. The summed E-state index contributed by atoms with van der Waals surface area (Å²) in [4.78, 5) is 14.4. The molecule has 27 heavy (non-hydrogen) atoms. The van der Waals surface area contributed by atoms with E-state index in [4.69, 9.17) is 4.74 Å². The van der Waals surface area contributed by atoms with Gasteiger partial charge in [-0.05, 0) is 61.1 Å². The number of halogens is 1. The molecule has 2 aromatic rings. The number of anilines is 2. The Balaban J connectivity index is 1.65. The lowest BCUT2D eigenvalue weighted by Crippen LogP contribution is -2.24. The van der Waals surface area contributed by atoms with Crippen molar-refractivity contribution in [1.29, 1.82) is 0 Å². The first kappa shape index (κ1) is 19.2. The molecule has 3 rings (SSSR count). The quantitative estimate of drug-likeness (QED) is 0.788. The molecule has 0 spiro atoms. The maximum absolute atomic E-state index is 14.3. The minimum atomic E-state index is -0.426. The molecule has 144 valence electrons. The Morgan fingerprint density at radius 1 is 1.22 bits per heavy atom. The van der Waals surface area contributed by atoms with Crippen molar-refractivity contribution < 1.29 is 13.9 Å². The molecule has 1 heterocycles. The smallest absolute Gasteiger partial charge is 0.262 e. The summed E-state index contributed by atoms with van der Waals surface area (Å²) in [6, 6.07) is 10.7. The molecule has 5 heteroatoms. The first-order chi connectivity index (χ1) is 13.0. The van der Waals surface area contributed by atoms with Crippen molar-refractivity contribution in [3.63, 3.8) is 0 Å². The van der Waals surface area contributed by atoms with Gasteiger partial charge in [-0.1, -0.05) is 26.0 Å². The van der Waals surface area contributed by atoms with Crippen LogP contribution in [-0.2, 0) is 4.79 Å². The summed E-state index contributed by atoms with van der Waals surface area (Å²) >= 11 is 0. The molecular weight excluding hydrogens is 343 g/mol. The number of hydrogen-bond acceptors (Lipinski definition) is 3. The molecule has 0 aliphatic carbocycles. The molecule has 4 nitrogen and oxygen atoms in total. The second kappa shape index (κ2) is 8.42. The van der Waals surface area contributed by atoms with E-state index < -0.39 is 5.82 Å². The molecule has 1 aliphatic rings. The van der Waals surface area contributed by atoms with Crippen LogP contribution in [0.1, 0.15) is 43.7 Å². The number of benzene rings is 2. The summed E-state index contributed by atoms with van der Waals surface area (Å²) in [7, 11) is 0. The Hall–Kier alpha value is -2.56. The van der Waals surface area contributed by atoms with E-state index in [2.05, 4.69) is 24.1 Å². The molecule has 1 fully saturated rings. The average Bonchev–Trinajstić information content (AvgIpc) is 3.16. The van der Waals surface area contributed by atoms with Gasteiger partial charge in [0.25, 0.3) is 5.91 Å². The Kier molecular flexibility index (Phi) is 5.99. The number of nitrogens with one attached hydrogen (secondary N) is 1. The van der Waals surface area contributed by atoms with Gasteiger partial charge in [-0.25, -0.2) is 4.39 Å². The topological polar surface area (TPSA) is 41.6 Å². The maximum Gasteiger partial charge on any atom is 0.262 e. The molecule has 0 atom stereocenters. The van der Waals surface area contributed by atoms with Gasteiger partial charge in [0.2, 0.25) is 0 Å². The SMILES string of the molecule is Cc1cc(OCC(=O)Nc2c(F)cccc2N2CCCC2)ccc1C(C)C. The number of carbonyl (C=O) groups excluding carboxylic acids is 1. The number of aryl methyl sites for hydroxylation is 1. The van der Waals surface area contributed by atoms with Crippen LogP contribution >= 0.6 is 0 Å². The molecule has 2 aromatic carbocycles. The van der Waals surface area contributed by atoms with Gasteiger partial charge in [-0.15, -0.1) is 0 Å². The first-order valence-corrected chi connectivity index (χ1v) is 9.52. The van der Waals surface area contributed by atoms with Gasteiger partial charge in [0.1, 0.15) is 17.3 Å². The number of carbonyl (C=O) groups is 1. The highest BCUT2D eigenvalue weighted by molar-refractivity contribution is 5.95. The fourth-order valence-corrected chi connectivity index (χ4v) is 3.57. The first-order valence-electron chi connectivity index (χ1n) is 9.52. The third-order valence-corrected chi connectivity index (χ3v) is 4.94. The standard InChI is InChI=1S/C22H27FN2O2/c1-15(2)18-10-9-17(13-16(18)3)27-14-21(26)24-22-19(23)7-6-8-20(22)25-11-4-5-12-25/h6-10,13,15H,4-5,11-12,14H2,1-3H3,(H,24,26). The minimum Gasteiger partial charge on any atom is -0.484 e. The third kappa shape index (κ3) is 4.59. The van der Waals surface area contributed by atoms with Crippen LogP contribution in [0, 0.1) is 12.7 Å². The number of hydrogen-bond donors (Lipinski definition) is 1. The minimum absolute atomic E-state index is 0.158. The lowest BCUT2D eigenvalue weighted by molar-refractivity contribution is -0.118. The van der Waals surface area contributed by atoms with Crippen molar-refractivity contribution in [2.24, 2.45) is 0 Å².